The maximum atomic E-state index is 12.7. The summed E-state index contributed by atoms with van der Waals surface area (Å²) in [6, 6.07) is 7.31. The Morgan fingerprint density at radius 3 is 2.43 bits per heavy atom. The number of ether oxygens (including phenoxy) is 2. The molecule has 7 heteroatoms. The highest BCUT2D eigenvalue weighted by Crippen LogP contribution is 2.27. The van der Waals surface area contributed by atoms with Crippen molar-refractivity contribution in [1.29, 1.82) is 0 Å². The van der Waals surface area contributed by atoms with Crippen LogP contribution in [0.2, 0.25) is 0 Å². The molecule has 28 heavy (non-hydrogen) atoms. The van der Waals surface area contributed by atoms with Gasteiger partial charge in [0.05, 0.1) is 14.2 Å². The molecule has 0 atom stereocenters. The molecule has 1 N–H and O–H groups in total. The van der Waals surface area contributed by atoms with E-state index in [4.69, 9.17) is 9.47 Å². The van der Waals surface area contributed by atoms with Crippen molar-refractivity contribution < 1.29 is 14.3 Å². The van der Waals surface area contributed by atoms with Gasteiger partial charge in [0.15, 0.2) is 11.5 Å². The van der Waals surface area contributed by atoms with Gasteiger partial charge in [-0.3, -0.25) is 4.79 Å². The molecule has 1 saturated heterocycles. The van der Waals surface area contributed by atoms with Crippen molar-refractivity contribution in [3.8, 4) is 11.5 Å². The first-order chi connectivity index (χ1) is 13.6. The maximum Gasteiger partial charge on any atom is 0.270 e. The van der Waals surface area contributed by atoms with Crippen LogP contribution in [-0.2, 0) is 6.54 Å². The van der Waals surface area contributed by atoms with Crippen molar-refractivity contribution >= 4 is 11.9 Å². The van der Waals surface area contributed by atoms with Crippen LogP contribution in [0.3, 0.4) is 0 Å². The highest BCUT2D eigenvalue weighted by molar-refractivity contribution is 5.92. The summed E-state index contributed by atoms with van der Waals surface area (Å²) < 4.78 is 10.6. The fraction of sp³-hybridized carbons (Fsp3) is 0.476. The lowest BCUT2D eigenvalue weighted by atomic mass is 10.2. The van der Waals surface area contributed by atoms with Crippen molar-refractivity contribution in [1.82, 2.24) is 15.3 Å². The zero-order valence-electron chi connectivity index (χ0n) is 16.8. The Balaban J connectivity index is 1.70. The lowest BCUT2D eigenvalue weighted by Gasteiger charge is -2.21. The van der Waals surface area contributed by atoms with Crippen LogP contribution in [0, 0.1) is 6.92 Å². The number of rotatable bonds is 6. The molecule has 0 radical (unpaired) electrons. The van der Waals surface area contributed by atoms with Gasteiger partial charge in [-0.05, 0) is 43.5 Å². The third kappa shape index (κ3) is 4.91. The summed E-state index contributed by atoms with van der Waals surface area (Å²) in [6.07, 6.45) is 4.75. The molecule has 7 nitrogen and oxygen atoms in total. The lowest BCUT2D eigenvalue weighted by molar-refractivity contribution is 0.0945. The van der Waals surface area contributed by atoms with Gasteiger partial charge in [0.1, 0.15) is 5.69 Å². The second-order valence-corrected chi connectivity index (χ2v) is 6.97. The number of hydrogen-bond donors (Lipinski definition) is 1. The van der Waals surface area contributed by atoms with Crippen LogP contribution >= 0.6 is 0 Å². The van der Waals surface area contributed by atoms with Crippen LogP contribution in [0.1, 0.15) is 47.4 Å². The molecular formula is C21H28N4O3. The molecule has 1 fully saturated rings. The predicted octanol–water partition coefficient (Wildman–Crippen LogP) is 3.11. The molecule has 1 aliphatic rings. The van der Waals surface area contributed by atoms with Gasteiger partial charge in [0.25, 0.3) is 5.91 Å². The van der Waals surface area contributed by atoms with Gasteiger partial charge in [-0.2, -0.15) is 0 Å². The molecule has 1 aromatic heterocycles. The summed E-state index contributed by atoms with van der Waals surface area (Å²) in [4.78, 5) is 23.9. The van der Waals surface area contributed by atoms with Gasteiger partial charge in [0.2, 0.25) is 5.95 Å². The van der Waals surface area contributed by atoms with E-state index < -0.39 is 0 Å². The Morgan fingerprint density at radius 2 is 1.75 bits per heavy atom. The van der Waals surface area contributed by atoms with E-state index in [-0.39, 0.29) is 5.91 Å². The number of aromatic nitrogens is 2. The van der Waals surface area contributed by atoms with Gasteiger partial charge < -0.3 is 19.7 Å². The minimum atomic E-state index is -0.212. The summed E-state index contributed by atoms with van der Waals surface area (Å²) >= 11 is 0. The van der Waals surface area contributed by atoms with E-state index in [0.29, 0.717) is 29.7 Å². The summed E-state index contributed by atoms with van der Waals surface area (Å²) in [5, 5.41) is 2.93. The van der Waals surface area contributed by atoms with E-state index in [1.165, 1.54) is 12.8 Å². The van der Waals surface area contributed by atoms with Crippen LogP contribution < -0.4 is 19.7 Å². The number of nitrogens with one attached hydrogen (secondary N) is 1. The third-order valence-corrected chi connectivity index (χ3v) is 4.86. The molecule has 0 aliphatic carbocycles. The molecular weight excluding hydrogens is 356 g/mol. The number of hydrogen-bond acceptors (Lipinski definition) is 6. The van der Waals surface area contributed by atoms with Crippen molar-refractivity contribution in [2.24, 2.45) is 0 Å². The van der Waals surface area contributed by atoms with Crippen molar-refractivity contribution in [3.63, 3.8) is 0 Å². The van der Waals surface area contributed by atoms with Crippen molar-refractivity contribution in [3.05, 3.63) is 41.2 Å². The predicted molar refractivity (Wildman–Crippen MR) is 108 cm³/mol. The molecule has 0 unspecified atom stereocenters. The van der Waals surface area contributed by atoms with Gasteiger partial charge in [-0.15, -0.1) is 0 Å². The summed E-state index contributed by atoms with van der Waals surface area (Å²) in [6.45, 7) is 4.15. The second-order valence-electron chi connectivity index (χ2n) is 6.97. The largest absolute Gasteiger partial charge is 0.493 e. The summed E-state index contributed by atoms with van der Waals surface area (Å²) in [5.41, 5.74) is 2.11. The number of aryl methyl sites for hydroxylation is 1. The Morgan fingerprint density at radius 1 is 1.04 bits per heavy atom. The minimum absolute atomic E-state index is 0.212. The van der Waals surface area contributed by atoms with E-state index in [1.54, 1.807) is 20.3 Å². The van der Waals surface area contributed by atoms with Crippen LogP contribution in [0.5, 0.6) is 11.5 Å². The molecule has 1 aliphatic heterocycles. The molecule has 3 rings (SSSR count). The van der Waals surface area contributed by atoms with Crippen LogP contribution in [0.4, 0.5) is 5.95 Å². The second kappa shape index (κ2) is 9.39. The molecule has 0 spiro atoms. The lowest BCUT2D eigenvalue weighted by Crippen LogP contribution is -2.29. The number of carbonyl (C=O) groups excluding carboxylic acids is 1. The van der Waals surface area contributed by atoms with Crippen LogP contribution in [0.15, 0.2) is 24.3 Å². The molecule has 1 amide bonds. The summed E-state index contributed by atoms with van der Waals surface area (Å²) in [5.74, 6) is 1.73. The number of nitrogens with zero attached hydrogens (tertiary/aromatic N) is 3. The molecule has 0 bridgehead atoms. The fourth-order valence-corrected chi connectivity index (χ4v) is 3.34. The molecule has 2 heterocycles. The average Bonchev–Trinajstić information content (AvgIpc) is 3.00. The topological polar surface area (TPSA) is 76.6 Å². The molecule has 1 aromatic carbocycles. The third-order valence-electron chi connectivity index (χ3n) is 4.86. The highest BCUT2D eigenvalue weighted by Gasteiger charge is 2.16. The molecule has 2 aromatic rings. The first-order valence-electron chi connectivity index (χ1n) is 9.70. The Hall–Kier alpha value is -2.83. The fourth-order valence-electron chi connectivity index (χ4n) is 3.34. The first kappa shape index (κ1) is 19.9. The SMILES string of the molecule is COc1ccc(CNC(=O)c2cc(C)nc(N3CCCCCC3)n2)cc1OC. The summed E-state index contributed by atoms with van der Waals surface area (Å²) in [7, 11) is 3.19. The van der Waals surface area contributed by atoms with E-state index in [2.05, 4.69) is 20.2 Å². The van der Waals surface area contributed by atoms with Gasteiger partial charge in [-0.1, -0.05) is 18.9 Å². The highest BCUT2D eigenvalue weighted by atomic mass is 16.5. The maximum absolute atomic E-state index is 12.7. The van der Waals surface area contributed by atoms with E-state index in [9.17, 15) is 4.79 Å². The standard InChI is InChI=1S/C21H28N4O3/c1-15-12-17(24-21(23-15)25-10-6-4-5-7-11-25)20(26)22-14-16-8-9-18(27-2)19(13-16)28-3/h8-9,12-13H,4-7,10-11,14H2,1-3H3,(H,22,26). The average molecular weight is 384 g/mol. The number of benzene rings is 1. The van der Waals surface area contributed by atoms with Crippen molar-refractivity contribution in [2.45, 2.75) is 39.2 Å². The quantitative estimate of drug-likeness (QED) is 0.825. The number of methoxy groups -OCH3 is 2. The normalized spacial score (nSPS) is 14.3. The Labute approximate surface area is 166 Å². The molecule has 0 saturated carbocycles. The van der Waals surface area contributed by atoms with Crippen LogP contribution in [0.25, 0.3) is 0 Å². The van der Waals surface area contributed by atoms with Gasteiger partial charge in [-0.25, -0.2) is 9.97 Å². The minimum Gasteiger partial charge on any atom is -0.493 e. The monoisotopic (exact) mass is 384 g/mol. The number of anilines is 1. The van der Waals surface area contributed by atoms with E-state index in [0.717, 1.165) is 37.2 Å². The molecule has 150 valence electrons. The Bertz CT molecular complexity index is 817. The number of amides is 1. The van der Waals surface area contributed by atoms with E-state index >= 15 is 0 Å². The van der Waals surface area contributed by atoms with Gasteiger partial charge in [0, 0.05) is 25.3 Å². The van der Waals surface area contributed by atoms with E-state index in [1.807, 2.05) is 25.1 Å². The Kier molecular flexibility index (Phi) is 6.68. The zero-order chi connectivity index (χ0) is 19.9. The van der Waals surface area contributed by atoms with Gasteiger partial charge >= 0.3 is 0 Å². The number of carbonyl (C=O) groups is 1. The van der Waals surface area contributed by atoms with Crippen LogP contribution in [-0.4, -0.2) is 43.2 Å². The zero-order valence-corrected chi connectivity index (χ0v) is 16.8. The van der Waals surface area contributed by atoms with Crippen molar-refractivity contribution in [2.75, 3.05) is 32.2 Å². The first-order valence-corrected chi connectivity index (χ1v) is 9.70. The smallest absolute Gasteiger partial charge is 0.270 e.